The topological polar surface area (TPSA) is 42.1 Å². The molecule has 0 atom stereocenters. The molecule has 0 spiro atoms. The summed E-state index contributed by atoms with van der Waals surface area (Å²) in [7, 11) is 0. The maximum absolute atomic E-state index is 13.0. The zero-order chi connectivity index (χ0) is 12.5. The summed E-state index contributed by atoms with van der Waals surface area (Å²) < 4.78 is 26.1. The molecule has 0 radical (unpaired) electrons. The van der Waals surface area contributed by atoms with Gasteiger partial charge >= 0.3 is 0 Å². The van der Waals surface area contributed by atoms with E-state index in [4.69, 9.17) is 5.73 Å². The third-order valence-corrected chi connectivity index (χ3v) is 3.14. The maximum Gasteiger partial charge on any atom is 0.251 e. The van der Waals surface area contributed by atoms with Crippen LogP contribution in [0.3, 0.4) is 0 Å². The molecule has 1 aromatic rings. The van der Waals surface area contributed by atoms with Gasteiger partial charge in [-0.25, -0.2) is 13.8 Å². The Labute approximate surface area is 112 Å². The molecule has 102 valence electrons. The van der Waals surface area contributed by atoms with Gasteiger partial charge in [0.25, 0.3) is 5.92 Å². The minimum absolute atomic E-state index is 0. The highest BCUT2D eigenvalue weighted by atomic mass is 35.5. The first kappa shape index (κ1) is 15.1. The van der Waals surface area contributed by atoms with E-state index < -0.39 is 5.92 Å². The Morgan fingerprint density at radius 3 is 2.50 bits per heavy atom. The van der Waals surface area contributed by atoms with Crippen molar-refractivity contribution in [2.75, 3.05) is 18.0 Å². The molecule has 3 nitrogen and oxygen atoms in total. The van der Waals surface area contributed by atoms with Crippen molar-refractivity contribution >= 4 is 18.2 Å². The SMILES string of the molecule is Cc1cc(CN)cnc1N1CCC(F)(F)CC1.Cl. The fraction of sp³-hybridized carbons (Fsp3) is 0.583. The van der Waals surface area contributed by atoms with Crippen LogP contribution < -0.4 is 10.6 Å². The van der Waals surface area contributed by atoms with Crippen LogP contribution in [0.15, 0.2) is 12.3 Å². The standard InChI is InChI=1S/C12H17F2N3.ClH/c1-9-6-10(7-15)8-16-11(9)17-4-2-12(13,14)3-5-17;/h6,8H,2-5,7,15H2,1H3;1H. The number of hydrogen-bond acceptors (Lipinski definition) is 3. The molecule has 1 aliphatic heterocycles. The molecule has 0 unspecified atom stereocenters. The van der Waals surface area contributed by atoms with Gasteiger partial charge in [-0.05, 0) is 24.1 Å². The largest absolute Gasteiger partial charge is 0.356 e. The van der Waals surface area contributed by atoms with Crippen molar-refractivity contribution in [3.8, 4) is 0 Å². The Hall–Kier alpha value is -0.940. The maximum atomic E-state index is 13.0. The van der Waals surface area contributed by atoms with E-state index in [9.17, 15) is 8.78 Å². The first-order valence-electron chi connectivity index (χ1n) is 5.80. The van der Waals surface area contributed by atoms with Crippen LogP contribution in [-0.4, -0.2) is 24.0 Å². The van der Waals surface area contributed by atoms with Crippen molar-refractivity contribution in [3.63, 3.8) is 0 Å². The first-order chi connectivity index (χ1) is 8.02. The molecule has 2 N–H and O–H groups in total. The summed E-state index contributed by atoms with van der Waals surface area (Å²) >= 11 is 0. The average molecular weight is 278 g/mol. The van der Waals surface area contributed by atoms with E-state index in [2.05, 4.69) is 4.98 Å². The van der Waals surface area contributed by atoms with Gasteiger partial charge in [0.2, 0.25) is 0 Å². The highest BCUT2D eigenvalue weighted by molar-refractivity contribution is 5.85. The van der Waals surface area contributed by atoms with Crippen molar-refractivity contribution < 1.29 is 8.78 Å². The van der Waals surface area contributed by atoms with Crippen molar-refractivity contribution in [1.82, 2.24) is 4.98 Å². The molecular formula is C12H18ClF2N3. The lowest BCUT2D eigenvalue weighted by molar-refractivity contribution is -0.0221. The minimum Gasteiger partial charge on any atom is -0.356 e. The van der Waals surface area contributed by atoms with Gasteiger partial charge in [-0.3, -0.25) is 0 Å². The summed E-state index contributed by atoms with van der Waals surface area (Å²) in [6.07, 6.45) is 1.54. The van der Waals surface area contributed by atoms with Gasteiger partial charge < -0.3 is 10.6 Å². The number of aromatic nitrogens is 1. The van der Waals surface area contributed by atoms with Crippen LogP contribution in [0.5, 0.6) is 0 Å². The Balaban J connectivity index is 0.00000162. The second-order valence-electron chi connectivity index (χ2n) is 4.53. The van der Waals surface area contributed by atoms with Crippen LogP contribution in [0.1, 0.15) is 24.0 Å². The van der Waals surface area contributed by atoms with Crippen LogP contribution in [0.2, 0.25) is 0 Å². The summed E-state index contributed by atoms with van der Waals surface area (Å²) in [4.78, 5) is 6.25. The summed E-state index contributed by atoms with van der Waals surface area (Å²) in [5.41, 5.74) is 7.49. The Bertz CT molecular complexity index is 402. The van der Waals surface area contributed by atoms with E-state index in [1.165, 1.54) is 0 Å². The van der Waals surface area contributed by atoms with E-state index in [1.54, 1.807) is 6.20 Å². The Morgan fingerprint density at radius 1 is 1.39 bits per heavy atom. The smallest absolute Gasteiger partial charge is 0.251 e. The lowest BCUT2D eigenvalue weighted by atomic mass is 10.1. The summed E-state index contributed by atoms with van der Waals surface area (Å²) in [5, 5.41) is 0. The Kier molecular flexibility index (Phi) is 4.87. The molecular weight excluding hydrogens is 260 g/mol. The zero-order valence-corrected chi connectivity index (χ0v) is 11.1. The third kappa shape index (κ3) is 3.29. The predicted molar refractivity (Wildman–Crippen MR) is 70.5 cm³/mol. The van der Waals surface area contributed by atoms with Crippen molar-refractivity contribution in [2.24, 2.45) is 5.73 Å². The summed E-state index contributed by atoms with van der Waals surface area (Å²) in [5.74, 6) is -1.71. The second-order valence-corrected chi connectivity index (χ2v) is 4.53. The number of alkyl halides is 2. The van der Waals surface area contributed by atoms with Gasteiger partial charge in [0, 0.05) is 38.7 Å². The number of hydrogen-bond donors (Lipinski definition) is 1. The number of rotatable bonds is 2. The van der Waals surface area contributed by atoms with E-state index >= 15 is 0 Å². The molecule has 0 aromatic carbocycles. The monoisotopic (exact) mass is 277 g/mol. The van der Waals surface area contributed by atoms with E-state index in [1.807, 2.05) is 17.9 Å². The number of nitrogens with two attached hydrogens (primary N) is 1. The Morgan fingerprint density at radius 2 is 2.00 bits per heavy atom. The number of anilines is 1. The molecule has 0 bridgehead atoms. The zero-order valence-electron chi connectivity index (χ0n) is 10.3. The molecule has 1 aromatic heterocycles. The van der Waals surface area contributed by atoms with Gasteiger partial charge in [0.1, 0.15) is 5.82 Å². The minimum atomic E-state index is -2.51. The van der Waals surface area contributed by atoms with Crippen molar-refractivity contribution in [2.45, 2.75) is 32.2 Å². The predicted octanol–water partition coefficient (Wildman–Crippen LogP) is 2.51. The molecule has 1 fully saturated rings. The summed E-state index contributed by atoms with van der Waals surface area (Å²) in [6, 6.07) is 1.97. The highest BCUT2D eigenvalue weighted by Gasteiger charge is 2.34. The number of piperidine rings is 1. The third-order valence-electron chi connectivity index (χ3n) is 3.14. The van der Waals surface area contributed by atoms with Gasteiger partial charge in [0.05, 0.1) is 0 Å². The number of nitrogens with zero attached hydrogens (tertiary/aromatic N) is 2. The van der Waals surface area contributed by atoms with Gasteiger partial charge in [-0.15, -0.1) is 12.4 Å². The van der Waals surface area contributed by atoms with Gasteiger partial charge in [-0.1, -0.05) is 0 Å². The van der Waals surface area contributed by atoms with Gasteiger partial charge in [-0.2, -0.15) is 0 Å². The molecule has 18 heavy (non-hydrogen) atoms. The normalized spacial score (nSPS) is 18.3. The quantitative estimate of drug-likeness (QED) is 0.903. The molecule has 0 saturated carbocycles. The van der Waals surface area contributed by atoms with Crippen LogP contribution >= 0.6 is 12.4 Å². The summed E-state index contributed by atoms with van der Waals surface area (Å²) in [6.45, 7) is 3.12. The lowest BCUT2D eigenvalue weighted by Gasteiger charge is -2.33. The van der Waals surface area contributed by atoms with Crippen molar-refractivity contribution in [1.29, 1.82) is 0 Å². The fourth-order valence-corrected chi connectivity index (χ4v) is 2.11. The van der Waals surface area contributed by atoms with Crippen LogP contribution in [0.25, 0.3) is 0 Å². The average Bonchev–Trinajstić information content (AvgIpc) is 2.29. The molecule has 1 aliphatic rings. The van der Waals surface area contributed by atoms with Crippen LogP contribution in [-0.2, 0) is 6.54 Å². The van der Waals surface area contributed by atoms with E-state index in [-0.39, 0.29) is 25.2 Å². The van der Waals surface area contributed by atoms with E-state index in [0.717, 1.165) is 16.9 Å². The lowest BCUT2D eigenvalue weighted by Crippen LogP contribution is -2.40. The second kappa shape index (κ2) is 5.80. The van der Waals surface area contributed by atoms with Crippen LogP contribution in [0, 0.1) is 6.92 Å². The van der Waals surface area contributed by atoms with Gasteiger partial charge in [0.15, 0.2) is 0 Å². The first-order valence-corrected chi connectivity index (χ1v) is 5.80. The molecule has 2 heterocycles. The number of pyridine rings is 1. The fourth-order valence-electron chi connectivity index (χ4n) is 2.11. The van der Waals surface area contributed by atoms with Crippen molar-refractivity contribution in [3.05, 3.63) is 23.4 Å². The molecule has 1 saturated heterocycles. The number of aryl methyl sites for hydroxylation is 1. The van der Waals surface area contributed by atoms with Crippen LogP contribution in [0.4, 0.5) is 14.6 Å². The highest BCUT2D eigenvalue weighted by Crippen LogP contribution is 2.30. The number of halogens is 3. The molecule has 0 aliphatic carbocycles. The molecule has 0 amide bonds. The molecule has 6 heteroatoms. The van der Waals surface area contributed by atoms with E-state index in [0.29, 0.717) is 19.6 Å². The molecule has 2 rings (SSSR count).